The fourth-order valence-electron chi connectivity index (χ4n) is 2.78. The van der Waals surface area contributed by atoms with E-state index in [1.807, 2.05) is 0 Å². The Morgan fingerprint density at radius 1 is 0.923 bits per heavy atom. The van der Waals surface area contributed by atoms with Gasteiger partial charge in [-0.1, -0.05) is 31.4 Å². The molecule has 0 aromatic carbocycles. The molecule has 0 heteroatoms. The van der Waals surface area contributed by atoms with Crippen molar-refractivity contribution < 1.29 is 0 Å². The molecule has 1 fully saturated rings. The number of hydrogen-bond donors (Lipinski definition) is 0. The lowest BCUT2D eigenvalue weighted by atomic mass is 9.79. The molecule has 0 spiro atoms. The minimum atomic E-state index is 1.02. The van der Waals surface area contributed by atoms with E-state index in [0.29, 0.717) is 0 Å². The molecule has 0 N–H and O–H groups in total. The first kappa shape index (κ1) is 9.30. The molecule has 1 radical (unpaired) electrons. The zero-order valence-electron chi connectivity index (χ0n) is 8.54. The van der Waals surface area contributed by atoms with E-state index in [0.717, 1.165) is 11.8 Å². The highest BCUT2D eigenvalue weighted by Crippen LogP contribution is 2.32. The van der Waals surface area contributed by atoms with E-state index in [2.05, 4.69) is 18.6 Å². The van der Waals surface area contributed by atoms with Crippen LogP contribution in [0.4, 0.5) is 0 Å². The van der Waals surface area contributed by atoms with Crippen LogP contribution < -0.4 is 0 Å². The van der Waals surface area contributed by atoms with E-state index in [9.17, 15) is 0 Å². The molecule has 0 aliphatic heterocycles. The predicted molar refractivity (Wildman–Crippen MR) is 57.4 cm³/mol. The highest BCUT2D eigenvalue weighted by molar-refractivity contribution is 4.91. The molecule has 0 saturated heterocycles. The molecule has 13 heavy (non-hydrogen) atoms. The Bertz CT molecular complexity index is 163. The average Bonchev–Trinajstić information content (AvgIpc) is 2.21. The van der Waals surface area contributed by atoms with Crippen molar-refractivity contribution in [2.24, 2.45) is 11.8 Å². The first-order valence-corrected chi connectivity index (χ1v) is 5.92. The molecule has 1 saturated carbocycles. The predicted octanol–water partition coefficient (Wildman–Crippen LogP) is 4.13. The minimum Gasteiger partial charge on any atom is -0.0885 e. The third-order valence-electron chi connectivity index (χ3n) is 3.56. The van der Waals surface area contributed by atoms with E-state index >= 15 is 0 Å². The first-order valence-electron chi connectivity index (χ1n) is 5.92. The number of rotatable bonds is 2. The maximum Gasteiger partial charge on any atom is -0.0322 e. The van der Waals surface area contributed by atoms with Crippen LogP contribution in [-0.4, -0.2) is 0 Å². The summed E-state index contributed by atoms with van der Waals surface area (Å²) in [4.78, 5) is 0. The molecule has 0 aromatic heterocycles. The second kappa shape index (κ2) is 4.83. The van der Waals surface area contributed by atoms with Gasteiger partial charge in [0.05, 0.1) is 0 Å². The standard InChI is InChI=1S/C13H21/c1-3-7-12(8-4-1)11-13-9-5-2-6-10-13/h1,3,5,12-13H,2,4,6-11H2. The molecule has 0 heterocycles. The lowest BCUT2D eigenvalue weighted by Crippen LogP contribution is -2.13. The van der Waals surface area contributed by atoms with Crippen molar-refractivity contribution in [1.29, 1.82) is 0 Å². The van der Waals surface area contributed by atoms with Gasteiger partial charge in [-0.25, -0.2) is 0 Å². The van der Waals surface area contributed by atoms with Gasteiger partial charge in [0.25, 0.3) is 0 Å². The van der Waals surface area contributed by atoms with Gasteiger partial charge < -0.3 is 0 Å². The Morgan fingerprint density at radius 2 is 1.85 bits per heavy atom. The second-order valence-electron chi connectivity index (χ2n) is 4.71. The summed E-state index contributed by atoms with van der Waals surface area (Å²) < 4.78 is 0. The molecule has 73 valence electrons. The van der Waals surface area contributed by atoms with Gasteiger partial charge in [0.1, 0.15) is 0 Å². The fraction of sp³-hybridized carbons (Fsp3) is 0.769. The molecular formula is C13H21. The Kier molecular flexibility index (Phi) is 3.46. The van der Waals surface area contributed by atoms with Crippen molar-refractivity contribution >= 4 is 0 Å². The summed E-state index contributed by atoms with van der Waals surface area (Å²) in [5, 5.41) is 0. The van der Waals surface area contributed by atoms with E-state index in [-0.39, 0.29) is 0 Å². The van der Waals surface area contributed by atoms with Gasteiger partial charge in [0, 0.05) is 0 Å². The average molecular weight is 177 g/mol. The SMILES string of the molecule is [CH]1CCCC(CC2CC=CCC2)C1. The Balaban J connectivity index is 1.72. The third kappa shape index (κ3) is 2.86. The number of allylic oxidation sites excluding steroid dienone is 2. The molecule has 2 aliphatic rings. The molecule has 0 amide bonds. The van der Waals surface area contributed by atoms with Gasteiger partial charge in [-0.2, -0.15) is 0 Å². The summed E-state index contributed by atoms with van der Waals surface area (Å²) in [7, 11) is 0. The van der Waals surface area contributed by atoms with Crippen LogP contribution in [0.15, 0.2) is 12.2 Å². The molecule has 2 aliphatic carbocycles. The lowest BCUT2D eigenvalue weighted by molar-refractivity contribution is 0.305. The van der Waals surface area contributed by atoms with Gasteiger partial charge in [-0.3, -0.25) is 0 Å². The Hall–Kier alpha value is -0.260. The summed E-state index contributed by atoms with van der Waals surface area (Å²) in [5.41, 5.74) is 0. The van der Waals surface area contributed by atoms with Gasteiger partial charge in [0.2, 0.25) is 0 Å². The minimum absolute atomic E-state index is 1.02. The van der Waals surface area contributed by atoms with Gasteiger partial charge in [-0.05, 0) is 50.4 Å². The van der Waals surface area contributed by atoms with Crippen molar-refractivity contribution in [3.8, 4) is 0 Å². The van der Waals surface area contributed by atoms with Crippen molar-refractivity contribution in [2.75, 3.05) is 0 Å². The lowest BCUT2D eigenvalue weighted by Gasteiger charge is -2.26. The summed E-state index contributed by atoms with van der Waals surface area (Å²) >= 11 is 0. The van der Waals surface area contributed by atoms with E-state index in [1.54, 1.807) is 0 Å². The maximum atomic E-state index is 2.51. The maximum absolute atomic E-state index is 2.51. The normalized spacial score (nSPS) is 30.6. The second-order valence-corrected chi connectivity index (χ2v) is 4.71. The van der Waals surface area contributed by atoms with Crippen molar-refractivity contribution in [3.63, 3.8) is 0 Å². The summed E-state index contributed by atoms with van der Waals surface area (Å²) in [6.07, 6.45) is 18.6. The van der Waals surface area contributed by atoms with E-state index in [4.69, 9.17) is 0 Å². The van der Waals surface area contributed by atoms with E-state index in [1.165, 1.54) is 51.4 Å². The third-order valence-corrected chi connectivity index (χ3v) is 3.56. The van der Waals surface area contributed by atoms with Gasteiger partial charge in [0.15, 0.2) is 0 Å². The molecule has 2 atom stereocenters. The van der Waals surface area contributed by atoms with Crippen LogP contribution >= 0.6 is 0 Å². The van der Waals surface area contributed by atoms with Crippen LogP contribution in [0, 0.1) is 18.3 Å². The topological polar surface area (TPSA) is 0 Å². The van der Waals surface area contributed by atoms with Crippen LogP contribution in [-0.2, 0) is 0 Å². The fourth-order valence-corrected chi connectivity index (χ4v) is 2.78. The van der Waals surface area contributed by atoms with Crippen LogP contribution in [0.1, 0.15) is 51.4 Å². The monoisotopic (exact) mass is 177 g/mol. The van der Waals surface area contributed by atoms with Crippen LogP contribution in [0.2, 0.25) is 0 Å². The largest absolute Gasteiger partial charge is 0.0885 e. The summed E-state index contributed by atoms with van der Waals surface area (Å²) in [6, 6.07) is 0. The molecule has 2 unspecified atom stereocenters. The molecule has 0 bridgehead atoms. The zero-order chi connectivity index (χ0) is 8.93. The smallest absolute Gasteiger partial charge is 0.0322 e. The van der Waals surface area contributed by atoms with Crippen molar-refractivity contribution in [1.82, 2.24) is 0 Å². The highest BCUT2D eigenvalue weighted by atomic mass is 14.2. The Morgan fingerprint density at radius 3 is 2.54 bits per heavy atom. The van der Waals surface area contributed by atoms with Gasteiger partial charge in [-0.15, -0.1) is 0 Å². The highest BCUT2D eigenvalue weighted by Gasteiger charge is 2.18. The van der Waals surface area contributed by atoms with Crippen LogP contribution in [0.5, 0.6) is 0 Å². The summed E-state index contributed by atoms with van der Waals surface area (Å²) in [5.74, 6) is 2.05. The van der Waals surface area contributed by atoms with E-state index < -0.39 is 0 Å². The Labute approximate surface area is 82.4 Å². The van der Waals surface area contributed by atoms with Gasteiger partial charge >= 0.3 is 0 Å². The summed E-state index contributed by atoms with van der Waals surface area (Å²) in [6.45, 7) is 0. The molecular weight excluding hydrogens is 156 g/mol. The molecule has 2 rings (SSSR count). The zero-order valence-corrected chi connectivity index (χ0v) is 8.54. The molecule has 0 nitrogen and oxygen atoms in total. The van der Waals surface area contributed by atoms with Crippen molar-refractivity contribution in [2.45, 2.75) is 51.4 Å². The van der Waals surface area contributed by atoms with Crippen LogP contribution in [0.25, 0.3) is 0 Å². The van der Waals surface area contributed by atoms with Crippen LogP contribution in [0.3, 0.4) is 0 Å². The quantitative estimate of drug-likeness (QED) is 0.556. The number of hydrogen-bond acceptors (Lipinski definition) is 0. The van der Waals surface area contributed by atoms with Crippen molar-refractivity contribution in [3.05, 3.63) is 18.6 Å². The molecule has 0 aromatic rings. The first-order chi connectivity index (χ1) is 6.45.